The van der Waals surface area contributed by atoms with Gasteiger partial charge in [0.05, 0.1) is 34.8 Å². The van der Waals surface area contributed by atoms with Gasteiger partial charge in [-0.15, -0.1) is 0 Å². The molecule has 1 amide bonds. The number of carbonyl (C=O) groups excluding carboxylic acids is 1. The molecule has 1 aliphatic heterocycles. The van der Waals surface area contributed by atoms with Gasteiger partial charge in [0.2, 0.25) is 5.91 Å². The second-order valence-electron chi connectivity index (χ2n) is 9.74. The number of benzene rings is 2. The number of piperazine rings is 1. The fraction of sp³-hybridized carbons (Fsp3) is 0.222. The molecular formula is C27H23BrN8O2. The Bertz CT molecular complexity index is 1790. The number of H-pyrrole nitrogens is 2. The number of pyridine rings is 1. The van der Waals surface area contributed by atoms with E-state index in [2.05, 4.69) is 36.1 Å². The second kappa shape index (κ2) is 8.66. The Kier molecular flexibility index (Phi) is 5.22. The Morgan fingerprint density at radius 1 is 1.05 bits per heavy atom. The number of fused-ring (bicyclic) bond motifs is 2. The molecule has 1 saturated carbocycles. The maximum atomic E-state index is 13.3. The van der Waals surface area contributed by atoms with Crippen molar-refractivity contribution in [3.8, 4) is 22.5 Å². The van der Waals surface area contributed by atoms with Gasteiger partial charge in [-0.05, 0) is 58.6 Å². The molecule has 11 heteroatoms. The first-order valence-electron chi connectivity index (χ1n) is 12.4. The van der Waals surface area contributed by atoms with Crippen LogP contribution in [0.1, 0.15) is 12.8 Å². The number of halogens is 1. The minimum absolute atomic E-state index is 0.149. The first-order valence-corrected chi connectivity index (χ1v) is 13.2. The van der Waals surface area contributed by atoms with Crippen molar-refractivity contribution >= 4 is 55.1 Å². The molecule has 2 aromatic carbocycles. The lowest BCUT2D eigenvalue weighted by atomic mass is 9.98. The summed E-state index contributed by atoms with van der Waals surface area (Å²) in [6.45, 7) is 1.80. The van der Waals surface area contributed by atoms with E-state index in [0.717, 1.165) is 53.8 Å². The van der Waals surface area contributed by atoms with Crippen LogP contribution in [0.15, 0.2) is 58.1 Å². The van der Waals surface area contributed by atoms with E-state index >= 15 is 0 Å². The summed E-state index contributed by atoms with van der Waals surface area (Å²) in [4.78, 5) is 42.0. The van der Waals surface area contributed by atoms with Crippen molar-refractivity contribution in [2.75, 3.05) is 30.3 Å². The van der Waals surface area contributed by atoms with Crippen LogP contribution in [0.2, 0.25) is 0 Å². The van der Waals surface area contributed by atoms with E-state index in [0.29, 0.717) is 45.0 Å². The molecule has 38 heavy (non-hydrogen) atoms. The van der Waals surface area contributed by atoms with Gasteiger partial charge in [-0.3, -0.25) is 14.7 Å². The number of aromatic nitrogens is 5. The number of hydrogen-bond donors (Lipinski definition) is 3. The number of aromatic amines is 2. The number of nitrogen functional groups attached to an aromatic ring is 1. The molecule has 3 aromatic heterocycles. The molecule has 0 radical (unpaired) electrons. The Hall–Kier alpha value is -4.25. The van der Waals surface area contributed by atoms with Gasteiger partial charge in [0, 0.05) is 46.3 Å². The standard InChI is InChI=1S/C27H23BrN8O2/c28-19-10-17(16-2-1-3-20-18(16)12-31-34-20)24(29)23-25(19)32-26(33-27(23)38)14-4-7-21(30-11-14)35-8-9-36(15-5-6-15)22(37)13-35/h1-4,7,10-12,15H,5-6,8-9,13,29H2,(H,31,34)(H,32,33,38). The zero-order valence-corrected chi connectivity index (χ0v) is 21.8. The highest BCUT2D eigenvalue weighted by atomic mass is 79.9. The SMILES string of the molecule is Nc1c(-c2cccc3[nH]ncc23)cc(Br)c2nc(-c3ccc(N4CCN(C5CC5)C(=O)C4)nc3)[nH]c(=O)c12. The Labute approximate surface area is 225 Å². The normalized spacial score (nSPS) is 16.1. The van der Waals surface area contributed by atoms with Crippen LogP contribution < -0.4 is 16.2 Å². The smallest absolute Gasteiger partial charge is 0.261 e. The predicted molar refractivity (Wildman–Crippen MR) is 150 cm³/mol. The van der Waals surface area contributed by atoms with E-state index in [1.807, 2.05) is 46.2 Å². The molecule has 1 aliphatic carbocycles. The average Bonchev–Trinajstić information content (AvgIpc) is 3.65. The van der Waals surface area contributed by atoms with Gasteiger partial charge in [0.1, 0.15) is 11.6 Å². The number of rotatable bonds is 4. The number of anilines is 2. The molecule has 7 rings (SSSR count). The number of nitrogens with zero attached hydrogens (tertiary/aromatic N) is 5. The largest absolute Gasteiger partial charge is 0.398 e. The number of nitrogens with two attached hydrogens (primary N) is 1. The molecule has 0 unspecified atom stereocenters. The van der Waals surface area contributed by atoms with E-state index in [4.69, 9.17) is 10.7 Å². The summed E-state index contributed by atoms with van der Waals surface area (Å²) in [5.74, 6) is 1.26. The van der Waals surface area contributed by atoms with Crippen LogP contribution in [-0.2, 0) is 4.79 Å². The van der Waals surface area contributed by atoms with Crippen molar-refractivity contribution in [1.29, 1.82) is 0 Å². The van der Waals surface area contributed by atoms with Crippen LogP contribution in [0.5, 0.6) is 0 Å². The Morgan fingerprint density at radius 2 is 1.92 bits per heavy atom. The van der Waals surface area contributed by atoms with Crippen LogP contribution >= 0.6 is 15.9 Å². The highest BCUT2D eigenvalue weighted by Gasteiger charge is 2.35. The molecule has 5 aromatic rings. The summed E-state index contributed by atoms with van der Waals surface area (Å²) in [6, 6.07) is 11.8. The lowest BCUT2D eigenvalue weighted by Gasteiger charge is -2.35. The van der Waals surface area contributed by atoms with Gasteiger partial charge in [-0.25, -0.2) is 9.97 Å². The van der Waals surface area contributed by atoms with Crippen molar-refractivity contribution in [2.24, 2.45) is 0 Å². The summed E-state index contributed by atoms with van der Waals surface area (Å²) in [5.41, 5.74) is 10.2. The van der Waals surface area contributed by atoms with E-state index in [-0.39, 0.29) is 11.5 Å². The van der Waals surface area contributed by atoms with Crippen molar-refractivity contribution in [2.45, 2.75) is 18.9 Å². The van der Waals surface area contributed by atoms with E-state index in [1.165, 1.54) is 0 Å². The molecular weight excluding hydrogens is 548 g/mol. The number of carbonyl (C=O) groups is 1. The lowest BCUT2D eigenvalue weighted by molar-refractivity contribution is -0.131. The molecule has 2 fully saturated rings. The first kappa shape index (κ1) is 22.9. The first-order chi connectivity index (χ1) is 18.5. The van der Waals surface area contributed by atoms with Crippen molar-refractivity contribution in [3.63, 3.8) is 0 Å². The van der Waals surface area contributed by atoms with Crippen molar-refractivity contribution in [1.82, 2.24) is 30.0 Å². The van der Waals surface area contributed by atoms with Gasteiger partial charge in [-0.2, -0.15) is 5.10 Å². The molecule has 4 heterocycles. The molecule has 0 bridgehead atoms. The predicted octanol–water partition coefficient (Wildman–Crippen LogP) is 3.68. The second-order valence-corrected chi connectivity index (χ2v) is 10.6. The summed E-state index contributed by atoms with van der Waals surface area (Å²) in [7, 11) is 0. The minimum atomic E-state index is -0.338. The molecule has 190 valence electrons. The molecule has 4 N–H and O–H groups in total. The lowest BCUT2D eigenvalue weighted by Crippen LogP contribution is -2.51. The van der Waals surface area contributed by atoms with Crippen LogP contribution in [0.25, 0.3) is 44.3 Å². The molecule has 0 atom stereocenters. The maximum absolute atomic E-state index is 13.3. The Balaban J connectivity index is 1.23. The van der Waals surface area contributed by atoms with E-state index in [9.17, 15) is 9.59 Å². The summed E-state index contributed by atoms with van der Waals surface area (Å²) < 4.78 is 0.654. The molecule has 2 aliphatic rings. The number of amides is 1. The average molecular weight is 571 g/mol. The maximum Gasteiger partial charge on any atom is 0.261 e. The number of hydrogen-bond acceptors (Lipinski definition) is 7. The van der Waals surface area contributed by atoms with Crippen molar-refractivity contribution < 1.29 is 4.79 Å². The van der Waals surface area contributed by atoms with Crippen LogP contribution in [0, 0.1) is 0 Å². The van der Waals surface area contributed by atoms with Gasteiger partial charge < -0.3 is 20.5 Å². The van der Waals surface area contributed by atoms with Gasteiger partial charge in [0.25, 0.3) is 5.56 Å². The quantitative estimate of drug-likeness (QED) is 0.280. The third kappa shape index (κ3) is 3.73. The third-order valence-electron chi connectivity index (χ3n) is 7.34. The zero-order valence-electron chi connectivity index (χ0n) is 20.2. The molecule has 0 spiro atoms. The minimum Gasteiger partial charge on any atom is -0.398 e. The fourth-order valence-electron chi connectivity index (χ4n) is 5.23. The third-order valence-corrected chi connectivity index (χ3v) is 7.95. The fourth-order valence-corrected chi connectivity index (χ4v) is 5.75. The molecule has 10 nitrogen and oxygen atoms in total. The summed E-state index contributed by atoms with van der Waals surface area (Å²) in [6.07, 6.45) is 5.63. The van der Waals surface area contributed by atoms with Crippen LogP contribution in [-0.4, -0.2) is 61.6 Å². The Morgan fingerprint density at radius 3 is 2.68 bits per heavy atom. The van der Waals surface area contributed by atoms with E-state index in [1.54, 1.807) is 12.4 Å². The monoisotopic (exact) mass is 570 g/mol. The number of nitrogens with one attached hydrogen (secondary N) is 2. The summed E-state index contributed by atoms with van der Waals surface area (Å²) in [5, 5.41) is 8.32. The van der Waals surface area contributed by atoms with Crippen LogP contribution in [0.4, 0.5) is 11.5 Å². The topological polar surface area (TPSA) is 137 Å². The highest BCUT2D eigenvalue weighted by Crippen LogP contribution is 2.38. The van der Waals surface area contributed by atoms with Gasteiger partial charge >= 0.3 is 0 Å². The van der Waals surface area contributed by atoms with Gasteiger partial charge in [0.15, 0.2) is 0 Å². The van der Waals surface area contributed by atoms with E-state index < -0.39 is 0 Å². The summed E-state index contributed by atoms with van der Waals surface area (Å²) >= 11 is 3.61. The van der Waals surface area contributed by atoms with Gasteiger partial charge in [-0.1, -0.05) is 12.1 Å². The van der Waals surface area contributed by atoms with Crippen LogP contribution in [0.3, 0.4) is 0 Å². The highest BCUT2D eigenvalue weighted by molar-refractivity contribution is 9.10. The van der Waals surface area contributed by atoms with Crippen molar-refractivity contribution in [3.05, 3.63) is 63.6 Å². The molecule has 1 saturated heterocycles. The zero-order chi connectivity index (χ0) is 26.0.